The highest BCUT2D eigenvalue weighted by molar-refractivity contribution is 7.26. The molecule has 5 heteroatoms. The van der Waals surface area contributed by atoms with Gasteiger partial charge in [0.2, 0.25) is 0 Å². The van der Waals surface area contributed by atoms with Crippen molar-refractivity contribution in [3.05, 3.63) is 253 Å². The molecular weight excluding hydrogens is 857 g/mol. The van der Waals surface area contributed by atoms with Gasteiger partial charge in [-0.2, -0.15) is 0 Å². The van der Waals surface area contributed by atoms with Crippen LogP contribution in [-0.2, 0) is 5.41 Å². The van der Waals surface area contributed by atoms with Crippen molar-refractivity contribution in [3.63, 3.8) is 0 Å². The van der Waals surface area contributed by atoms with Crippen molar-refractivity contribution >= 4 is 53.3 Å². The van der Waals surface area contributed by atoms with E-state index < -0.39 is 5.41 Å². The van der Waals surface area contributed by atoms with Gasteiger partial charge in [-0.1, -0.05) is 194 Å². The van der Waals surface area contributed by atoms with E-state index in [1.807, 2.05) is 0 Å². The van der Waals surface area contributed by atoms with Crippen molar-refractivity contribution in [2.75, 3.05) is 0 Å². The van der Waals surface area contributed by atoms with Crippen LogP contribution in [0.1, 0.15) is 22.3 Å². The SMILES string of the molecule is c1ccc(-c2ccc(-c3nc(-c4cccc5c4-c4ccccc4C54c5ccccc5-n5c6ccccc6c6cccc4c65)nc(-c4cccc5c4sc4ccccc45)n3)c(-c3ccccc3)c2)cc1. The van der Waals surface area contributed by atoms with E-state index >= 15 is 0 Å². The van der Waals surface area contributed by atoms with Gasteiger partial charge in [-0.25, -0.2) is 15.0 Å². The van der Waals surface area contributed by atoms with E-state index in [1.54, 1.807) is 11.3 Å². The maximum atomic E-state index is 5.62. The molecule has 0 saturated carbocycles. The summed E-state index contributed by atoms with van der Waals surface area (Å²) in [5, 5.41) is 4.95. The summed E-state index contributed by atoms with van der Waals surface area (Å²) in [6.07, 6.45) is 0. The van der Waals surface area contributed by atoms with Crippen LogP contribution in [-0.4, -0.2) is 19.5 Å². The molecule has 0 fully saturated rings. The highest BCUT2D eigenvalue weighted by Crippen LogP contribution is 2.62. The van der Waals surface area contributed by atoms with Crippen LogP contribution in [0.15, 0.2) is 231 Å². The Bertz CT molecular complexity index is 4260. The quantitative estimate of drug-likeness (QED) is 0.173. The molecule has 3 aromatic heterocycles. The molecule has 4 heterocycles. The van der Waals surface area contributed by atoms with Crippen LogP contribution < -0.4 is 0 Å². The van der Waals surface area contributed by atoms with E-state index in [-0.39, 0.29) is 0 Å². The van der Waals surface area contributed by atoms with Crippen molar-refractivity contribution in [2.45, 2.75) is 5.41 Å². The standard InChI is InChI=1S/C64H38N4S/c1-3-18-39(19-4-1)41-36-37-46(50(38-41)40-20-5-2-6-21-40)61-65-62(67-63(66-61)49-28-15-26-45-43-23-9-14-35-57(43)69-60(45)49)48-27-17-31-53-58(48)47-24-7-10-29-51(47)64(53)52-30-11-13-34-56(52)68-55-33-12-8-22-42(55)44-25-16-32-54(64)59(44)68/h1-38H. The van der Waals surface area contributed by atoms with E-state index in [9.17, 15) is 0 Å². The van der Waals surface area contributed by atoms with Gasteiger partial charge in [-0.05, 0) is 92.0 Å². The van der Waals surface area contributed by atoms with E-state index in [0.29, 0.717) is 17.5 Å². The third-order valence-corrected chi connectivity index (χ3v) is 15.9. The van der Waals surface area contributed by atoms with Crippen LogP contribution in [0.25, 0.3) is 115 Å². The Labute approximate surface area is 402 Å². The monoisotopic (exact) mass is 894 g/mol. The minimum absolute atomic E-state index is 0.614. The summed E-state index contributed by atoms with van der Waals surface area (Å²) in [5.74, 6) is 1.91. The molecule has 1 aliphatic heterocycles. The maximum Gasteiger partial charge on any atom is 0.165 e. The molecule has 1 unspecified atom stereocenters. The Hall–Kier alpha value is -8.77. The van der Waals surface area contributed by atoms with Gasteiger partial charge in [-0.3, -0.25) is 0 Å². The number of para-hydroxylation sites is 3. The van der Waals surface area contributed by atoms with Gasteiger partial charge in [0.1, 0.15) is 0 Å². The summed E-state index contributed by atoms with van der Waals surface area (Å²) < 4.78 is 4.90. The van der Waals surface area contributed by atoms with E-state index in [4.69, 9.17) is 15.0 Å². The van der Waals surface area contributed by atoms with Crippen molar-refractivity contribution in [3.8, 4) is 73.2 Å². The first-order valence-electron chi connectivity index (χ1n) is 23.5. The molecule has 13 aromatic rings. The van der Waals surface area contributed by atoms with Crippen LogP contribution in [0.4, 0.5) is 0 Å². The Balaban J connectivity index is 1.03. The molecule has 1 spiro atoms. The van der Waals surface area contributed by atoms with Gasteiger partial charge in [0.25, 0.3) is 0 Å². The minimum atomic E-state index is -0.614. The lowest BCUT2D eigenvalue weighted by molar-refractivity contribution is 0.748. The van der Waals surface area contributed by atoms with Gasteiger partial charge in [-0.15, -0.1) is 11.3 Å². The predicted molar refractivity (Wildman–Crippen MR) is 285 cm³/mol. The van der Waals surface area contributed by atoms with Gasteiger partial charge < -0.3 is 4.57 Å². The predicted octanol–water partition coefficient (Wildman–Crippen LogP) is 16.3. The van der Waals surface area contributed by atoms with E-state index in [2.05, 4.69) is 235 Å². The van der Waals surface area contributed by atoms with E-state index in [0.717, 1.165) is 49.2 Å². The average Bonchev–Trinajstić information content (AvgIpc) is 4.08. The summed E-state index contributed by atoms with van der Waals surface area (Å²) >= 11 is 1.80. The van der Waals surface area contributed by atoms with Crippen molar-refractivity contribution in [1.29, 1.82) is 0 Å². The highest BCUT2D eigenvalue weighted by atomic mass is 32.1. The fraction of sp³-hybridized carbons (Fsp3) is 0.0156. The second-order valence-corrected chi connectivity index (χ2v) is 19.2. The molecule has 0 amide bonds. The molecule has 0 bridgehead atoms. The minimum Gasteiger partial charge on any atom is -0.309 e. The molecule has 1 aliphatic carbocycles. The highest BCUT2D eigenvalue weighted by Gasteiger charge is 2.51. The zero-order chi connectivity index (χ0) is 45.2. The molecule has 4 nitrogen and oxygen atoms in total. The zero-order valence-corrected chi connectivity index (χ0v) is 38.0. The largest absolute Gasteiger partial charge is 0.309 e. The number of hydrogen-bond donors (Lipinski definition) is 0. The molecule has 0 saturated heterocycles. The summed E-state index contributed by atoms with van der Waals surface area (Å²) in [7, 11) is 0. The van der Waals surface area contributed by atoms with Crippen LogP contribution in [0, 0.1) is 0 Å². The van der Waals surface area contributed by atoms with Gasteiger partial charge in [0.15, 0.2) is 17.5 Å². The summed E-state index contributed by atoms with van der Waals surface area (Å²) in [6, 6.07) is 83.7. The lowest BCUT2D eigenvalue weighted by atomic mass is 9.65. The molecule has 320 valence electrons. The van der Waals surface area contributed by atoms with Crippen LogP contribution in [0.5, 0.6) is 0 Å². The number of nitrogens with zero attached hydrogens (tertiary/aromatic N) is 4. The lowest BCUT2D eigenvalue weighted by Gasteiger charge is -2.39. The van der Waals surface area contributed by atoms with Gasteiger partial charge in [0, 0.05) is 47.6 Å². The number of benzene rings is 10. The Morgan fingerprint density at radius 1 is 0.348 bits per heavy atom. The summed E-state index contributed by atoms with van der Waals surface area (Å²) in [6.45, 7) is 0. The second-order valence-electron chi connectivity index (χ2n) is 18.2. The smallest absolute Gasteiger partial charge is 0.165 e. The third kappa shape index (κ3) is 5.36. The third-order valence-electron chi connectivity index (χ3n) is 14.7. The first kappa shape index (κ1) is 38.3. The Kier molecular flexibility index (Phi) is 8.12. The lowest BCUT2D eigenvalue weighted by Crippen LogP contribution is -2.33. The molecular formula is C64H38N4S. The van der Waals surface area contributed by atoms with Gasteiger partial charge >= 0.3 is 0 Å². The first-order valence-corrected chi connectivity index (χ1v) is 24.3. The normalized spacial score (nSPS) is 14.4. The van der Waals surface area contributed by atoms with Crippen LogP contribution in [0.2, 0.25) is 0 Å². The van der Waals surface area contributed by atoms with Crippen molar-refractivity contribution in [1.82, 2.24) is 19.5 Å². The Morgan fingerprint density at radius 3 is 1.78 bits per heavy atom. The van der Waals surface area contributed by atoms with Crippen LogP contribution >= 0.6 is 11.3 Å². The molecule has 1 atom stereocenters. The number of rotatable bonds is 5. The number of thiophene rings is 1. The summed E-state index contributed by atoms with van der Waals surface area (Å²) in [4.78, 5) is 16.7. The molecule has 0 N–H and O–H groups in total. The van der Waals surface area contributed by atoms with E-state index in [1.165, 1.54) is 70.8 Å². The number of fused-ring (bicyclic) bond motifs is 15. The molecule has 15 rings (SSSR count). The summed E-state index contributed by atoms with van der Waals surface area (Å²) in [5.41, 5.74) is 17.8. The average molecular weight is 895 g/mol. The Morgan fingerprint density at radius 2 is 0.928 bits per heavy atom. The first-order chi connectivity index (χ1) is 34.2. The fourth-order valence-corrected chi connectivity index (χ4v) is 13.1. The van der Waals surface area contributed by atoms with Crippen molar-refractivity contribution < 1.29 is 0 Å². The zero-order valence-electron chi connectivity index (χ0n) is 37.1. The molecule has 0 radical (unpaired) electrons. The second kappa shape index (κ2) is 14.6. The van der Waals surface area contributed by atoms with Gasteiger partial charge in [0.05, 0.1) is 22.1 Å². The fourth-order valence-electron chi connectivity index (χ4n) is 11.9. The molecule has 69 heavy (non-hydrogen) atoms. The van der Waals surface area contributed by atoms with Crippen molar-refractivity contribution in [2.24, 2.45) is 0 Å². The van der Waals surface area contributed by atoms with Crippen LogP contribution in [0.3, 0.4) is 0 Å². The molecule has 2 aliphatic rings. The molecule has 10 aromatic carbocycles. The number of hydrogen-bond acceptors (Lipinski definition) is 4. The topological polar surface area (TPSA) is 43.6 Å². The maximum absolute atomic E-state index is 5.62. The number of aromatic nitrogens is 4.